The molecule has 1 N–H and O–H groups in total. The van der Waals surface area contributed by atoms with Gasteiger partial charge in [0, 0.05) is 6.20 Å². The van der Waals surface area contributed by atoms with Gasteiger partial charge in [-0.15, -0.1) is 0 Å². The number of hydrogen-bond acceptors (Lipinski definition) is 2. The lowest BCUT2D eigenvalue weighted by molar-refractivity contribution is -0.130. The van der Waals surface area contributed by atoms with Gasteiger partial charge < -0.3 is 10.1 Å². The molecule has 3 atom stereocenters. The maximum Gasteiger partial charge on any atom is 0.249 e. The van der Waals surface area contributed by atoms with E-state index in [1.165, 1.54) is 12.8 Å². The molecule has 3 heteroatoms. The van der Waals surface area contributed by atoms with Crippen LogP contribution < -0.4 is 5.32 Å². The maximum atomic E-state index is 11.7. The third-order valence-electron chi connectivity index (χ3n) is 3.91. The van der Waals surface area contributed by atoms with E-state index in [0.717, 1.165) is 12.0 Å². The zero-order valence-electron chi connectivity index (χ0n) is 13.0. The number of rotatable bonds is 5. The Morgan fingerprint density at radius 1 is 1.37 bits per heavy atom. The minimum atomic E-state index is -0.0538. The Morgan fingerprint density at radius 3 is 2.63 bits per heavy atom. The van der Waals surface area contributed by atoms with Crippen molar-refractivity contribution in [3.8, 4) is 0 Å². The molecular formula is C16H29NO2. The van der Waals surface area contributed by atoms with Crippen molar-refractivity contribution in [2.24, 2.45) is 17.8 Å². The number of allylic oxidation sites excluding steroid dienone is 1. The van der Waals surface area contributed by atoms with Crippen LogP contribution in [-0.4, -0.2) is 18.6 Å². The van der Waals surface area contributed by atoms with Crippen molar-refractivity contribution < 1.29 is 9.53 Å². The Balaban J connectivity index is 2.44. The van der Waals surface area contributed by atoms with Gasteiger partial charge >= 0.3 is 0 Å². The third-order valence-corrected chi connectivity index (χ3v) is 3.91. The van der Waals surface area contributed by atoms with E-state index in [9.17, 15) is 4.79 Å². The number of hydrogen-bond donors (Lipinski definition) is 1. The predicted molar refractivity (Wildman–Crippen MR) is 78.7 cm³/mol. The van der Waals surface area contributed by atoms with Gasteiger partial charge in [-0.25, -0.2) is 0 Å². The van der Waals surface area contributed by atoms with Gasteiger partial charge in [0.2, 0.25) is 5.91 Å². The van der Waals surface area contributed by atoms with Crippen LogP contribution in [-0.2, 0) is 9.53 Å². The van der Waals surface area contributed by atoms with E-state index in [0.29, 0.717) is 17.8 Å². The molecule has 0 aliphatic heterocycles. The van der Waals surface area contributed by atoms with Crippen LogP contribution in [0.1, 0.15) is 53.9 Å². The molecule has 1 fully saturated rings. The highest BCUT2D eigenvalue weighted by molar-refractivity contribution is 5.78. The lowest BCUT2D eigenvalue weighted by atomic mass is 9.75. The smallest absolute Gasteiger partial charge is 0.249 e. The van der Waals surface area contributed by atoms with Crippen LogP contribution in [0.3, 0.4) is 0 Å². The summed E-state index contributed by atoms with van der Waals surface area (Å²) in [4.78, 5) is 11.7. The molecule has 110 valence electrons. The minimum Gasteiger partial charge on any atom is -0.368 e. The van der Waals surface area contributed by atoms with Crippen LogP contribution in [0.2, 0.25) is 0 Å². The largest absolute Gasteiger partial charge is 0.368 e. The highest BCUT2D eigenvalue weighted by Crippen LogP contribution is 2.35. The quantitative estimate of drug-likeness (QED) is 0.828. The van der Waals surface area contributed by atoms with Crippen LogP contribution in [0.4, 0.5) is 0 Å². The number of amides is 1. The van der Waals surface area contributed by atoms with Crippen molar-refractivity contribution in [1.82, 2.24) is 5.32 Å². The summed E-state index contributed by atoms with van der Waals surface area (Å²) in [5.41, 5.74) is 1.08. The highest BCUT2D eigenvalue weighted by Gasteiger charge is 2.31. The molecule has 0 bridgehead atoms. The molecule has 1 aliphatic rings. The van der Waals surface area contributed by atoms with Gasteiger partial charge in [-0.1, -0.05) is 32.8 Å². The Hall–Kier alpha value is -0.830. The van der Waals surface area contributed by atoms with Crippen molar-refractivity contribution in [2.45, 2.75) is 60.0 Å². The summed E-state index contributed by atoms with van der Waals surface area (Å²) in [6.45, 7) is 10.9. The SMILES string of the molecule is CC(C)=CNC(=O)COC1CC(C)CCC1C(C)C. The molecule has 0 aromatic rings. The van der Waals surface area contributed by atoms with Gasteiger partial charge in [0.15, 0.2) is 0 Å². The molecule has 1 rings (SSSR count). The van der Waals surface area contributed by atoms with Gasteiger partial charge in [0.25, 0.3) is 0 Å². The zero-order chi connectivity index (χ0) is 14.4. The van der Waals surface area contributed by atoms with E-state index >= 15 is 0 Å². The average Bonchev–Trinajstić information content (AvgIpc) is 2.33. The molecule has 19 heavy (non-hydrogen) atoms. The van der Waals surface area contributed by atoms with E-state index in [2.05, 4.69) is 26.1 Å². The Bertz CT molecular complexity index is 319. The fourth-order valence-corrected chi connectivity index (χ4v) is 2.76. The summed E-state index contributed by atoms with van der Waals surface area (Å²) in [5, 5.41) is 2.75. The second-order valence-electron chi connectivity index (χ2n) is 6.46. The van der Waals surface area contributed by atoms with Crippen molar-refractivity contribution in [1.29, 1.82) is 0 Å². The lowest BCUT2D eigenvalue weighted by Crippen LogP contribution is -2.36. The van der Waals surface area contributed by atoms with E-state index in [4.69, 9.17) is 4.74 Å². The fraction of sp³-hybridized carbons (Fsp3) is 0.812. The summed E-state index contributed by atoms with van der Waals surface area (Å²) >= 11 is 0. The van der Waals surface area contributed by atoms with Crippen molar-refractivity contribution in [2.75, 3.05) is 6.61 Å². The first-order valence-corrected chi connectivity index (χ1v) is 7.44. The maximum absolute atomic E-state index is 11.7. The van der Waals surface area contributed by atoms with Crippen molar-refractivity contribution in [3.63, 3.8) is 0 Å². The molecule has 1 saturated carbocycles. The molecule has 0 saturated heterocycles. The molecule has 0 spiro atoms. The first-order valence-electron chi connectivity index (χ1n) is 7.44. The van der Waals surface area contributed by atoms with Gasteiger partial charge in [-0.2, -0.15) is 0 Å². The zero-order valence-corrected chi connectivity index (χ0v) is 13.0. The van der Waals surface area contributed by atoms with Crippen LogP contribution in [0.5, 0.6) is 0 Å². The summed E-state index contributed by atoms with van der Waals surface area (Å²) in [7, 11) is 0. The second-order valence-corrected chi connectivity index (χ2v) is 6.46. The number of carbonyl (C=O) groups excluding carboxylic acids is 1. The Labute approximate surface area is 117 Å². The highest BCUT2D eigenvalue weighted by atomic mass is 16.5. The van der Waals surface area contributed by atoms with Gasteiger partial charge in [0.1, 0.15) is 6.61 Å². The van der Waals surface area contributed by atoms with Gasteiger partial charge in [-0.05, 0) is 44.4 Å². The third kappa shape index (κ3) is 5.77. The molecule has 3 nitrogen and oxygen atoms in total. The fourth-order valence-electron chi connectivity index (χ4n) is 2.76. The van der Waals surface area contributed by atoms with Crippen LogP contribution in [0, 0.1) is 17.8 Å². The molecule has 0 aromatic carbocycles. The van der Waals surface area contributed by atoms with Crippen molar-refractivity contribution in [3.05, 3.63) is 11.8 Å². The molecule has 1 aliphatic carbocycles. The number of ether oxygens (including phenoxy) is 1. The lowest BCUT2D eigenvalue weighted by Gasteiger charge is -2.37. The predicted octanol–water partition coefficient (Wildman–Crippen LogP) is 3.50. The van der Waals surface area contributed by atoms with Crippen molar-refractivity contribution >= 4 is 5.91 Å². The normalized spacial score (nSPS) is 27.2. The molecule has 0 heterocycles. The first-order chi connectivity index (χ1) is 8.90. The van der Waals surface area contributed by atoms with Crippen LogP contribution in [0.25, 0.3) is 0 Å². The summed E-state index contributed by atoms with van der Waals surface area (Å²) < 4.78 is 5.88. The average molecular weight is 267 g/mol. The Kier molecular flexibility index (Phi) is 6.56. The van der Waals surface area contributed by atoms with E-state index in [-0.39, 0.29) is 18.6 Å². The summed E-state index contributed by atoms with van der Waals surface area (Å²) in [5.74, 6) is 1.87. The van der Waals surface area contributed by atoms with Crippen LogP contribution >= 0.6 is 0 Å². The monoisotopic (exact) mass is 267 g/mol. The number of nitrogens with one attached hydrogen (secondary N) is 1. The van der Waals surface area contributed by atoms with E-state index in [1.807, 2.05) is 13.8 Å². The van der Waals surface area contributed by atoms with Gasteiger partial charge in [0.05, 0.1) is 6.10 Å². The minimum absolute atomic E-state index is 0.0538. The standard InChI is InChI=1S/C16H29NO2/c1-11(2)9-17-16(18)10-19-15-8-13(5)6-7-14(15)12(3)4/h9,12-15H,6-8,10H2,1-5H3,(H,17,18). The summed E-state index contributed by atoms with van der Waals surface area (Å²) in [6, 6.07) is 0. The topological polar surface area (TPSA) is 38.3 Å². The van der Waals surface area contributed by atoms with E-state index < -0.39 is 0 Å². The molecular weight excluding hydrogens is 238 g/mol. The Morgan fingerprint density at radius 2 is 2.05 bits per heavy atom. The summed E-state index contributed by atoms with van der Waals surface area (Å²) in [6.07, 6.45) is 5.56. The first kappa shape index (κ1) is 16.2. The van der Waals surface area contributed by atoms with E-state index in [1.54, 1.807) is 6.20 Å². The molecule has 0 aromatic heterocycles. The van der Waals surface area contributed by atoms with Gasteiger partial charge in [-0.3, -0.25) is 4.79 Å². The van der Waals surface area contributed by atoms with Crippen LogP contribution in [0.15, 0.2) is 11.8 Å². The molecule has 1 amide bonds. The molecule has 3 unspecified atom stereocenters. The second kappa shape index (κ2) is 7.68. The number of carbonyl (C=O) groups is 1. The molecule has 0 radical (unpaired) electrons.